The lowest BCUT2D eigenvalue weighted by Gasteiger charge is -2.35. The summed E-state index contributed by atoms with van der Waals surface area (Å²) in [4.78, 5) is 11.7. The SMILES string of the molecule is CC1(C)COC(C2=CN(CN(C#N)N3C=CC(c4ccccc4)C(C4=NC(C)(C)CO4)=C3)C=CC2c2ccccc2)=N1. The summed E-state index contributed by atoms with van der Waals surface area (Å²) in [5.41, 5.74) is 3.60. The van der Waals surface area contributed by atoms with Crippen LogP contribution < -0.4 is 0 Å². The molecule has 6 rings (SSSR count). The molecule has 0 fully saturated rings. The standard InChI is InChI=1S/C34H36N6O2/c1-33(2)21-41-31(36-33)29-19-38(17-15-27(29)25-11-7-5-8-12-25)24-40(23-35)39-18-16-28(26-13-9-6-10-14-26)30(20-39)32-37-34(3,4)22-42-32/h5-20,27-28H,21-22,24H2,1-4H3. The smallest absolute Gasteiger partial charge is 0.215 e. The maximum absolute atomic E-state index is 10.3. The molecule has 2 unspecified atom stereocenters. The molecule has 8 nitrogen and oxygen atoms in total. The molecule has 4 aliphatic heterocycles. The summed E-state index contributed by atoms with van der Waals surface area (Å²) in [6.07, 6.45) is 14.5. The fourth-order valence-electron chi connectivity index (χ4n) is 5.44. The molecule has 42 heavy (non-hydrogen) atoms. The molecule has 8 heteroatoms. The van der Waals surface area contributed by atoms with Crippen molar-refractivity contribution in [3.05, 3.63) is 120 Å². The van der Waals surface area contributed by atoms with Crippen LogP contribution in [0.15, 0.2) is 119 Å². The van der Waals surface area contributed by atoms with Crippen LogP contribution in [0, 0.1) is 11.5 Å². The quantitative estimate of drug-likeness (QED) is 0.303. The maximum Gasteiger partial charge on any atom is 0.215 e. The molecule has 0 saturated carbocycles. The normalized spacial score (nSPS) is 23.7. The molecule has 0 aromatic heterocycles. The van der Waals surface area contributed by atoms with Gasteiger partial charge in [-0.25, -0.2) is 9.98 Å². The third kappa shape index (κ3) is 5.68. The summed E-state index contributed by atoms with van der Waals surface area (Å²) in [6, 6.07) is 20.6. The Balaban J connectivity index is 1.29. The molecule has 4 heterocycles. The first-order valence-corrected chi connectivity index (χ1v) is 14.3. The first-order chi connectivity index (χ1) is 20.2. The molecule has 0 spiro atoms. The third-order valence-electron chi connectivity index (χ3n) is 7.58. The van der Waals surface area contributed by atoms with Crippen LogP contribution in [0.25, 0.3) is 0 Å². The van der Waals surface area contributed by atoms with Gasteiger partial charge in [-0.05, 0) is 38.8 Å². The second kappa shape index (κ2) is 10.9. The summed E-state index contributed by atoms with van der Waals surface area (Å²) in [5, 5.41) is 13.7. The van der Waals surface area contributed by atoms with Gasteiger partial charge in [-0.15, -0.1) is 0 Å². The van der Waals surface area contributed by atoms with Gasteiger partial charge in [0.2, 0.25) is 18.0 Å². The number of rotatable bonds is 7. The number of aliphatic imine (C=N–C) groups is 2. The van der Waals surface area contributed by atoms with E-state index in [1.54, 1.807) is 5.01 Å². The van der Waals surface area contributed by atoms with Crippen molar-refractivity contribution < 1.29 is 9.47 Å². The summed E-state index contributed by atoms with van der Waals surface area (Å²) in [5.74, 6) is 1.23. The predicted molar refractivity (Wildman–Crippen MR) is 164 cm³/mol. The van der Waals surface area contributed by atoms with Gasteiger partial charge in [-0.2, -0.15) is 10.3 Å². The van der Waals surface area contributed by atoms with Gasteiger partial charge in [0, 0.05) is 47.8 Å². The van der Waals surface area contributed by atoms with E-state index in [9.17, 15) is 5.26 Å². The highest BCUT2D eigenvalue weighted by atomic mass is 16.5. The van der Waals surface area contributed by atoms with Crippen molar-refractivity contribution in [3.63, 3.8) is 0 Å². The van der Waals surface area contributed by atoms with Crippen LogP contribution in [0.3, 0.4) is 0 Å². The van der Waals surface area contributed by atoms with E-state index in [4.69, 9.17) is 19.5 Å². The number of nitrogens with zero attached hydrogens (tertiary/aromatic N) is 6. The van der Waals surface area contributed by atoms with Crippen LogP contribution in [0.1, 0.15) is 50.7 Å². The predicted octanol–water partition coefficient (Wildman–Crippen LogP) is 6.05. The van der Waals surface area contributed by atoms with Gasteiger partial charge in [-0.3, -0.25) is 5.01 Å². The lowest BCUT2D eigenvalue weighted by molar-refractivity contribution is 0.0980. The molecule has 0 aliphatic carbocycles. The van der Waals surface area contributed by atoms with Crippen molar-refractivity contribution in [2.75, 3.05) is 19.9 Å². The Bertz CT molecular complexity index is 1550. The van der Waals surface area contributed by atoms with E-state index in [0.717, 1.165) is 22.3 Å². The molecular weight excluding hydrogens is 524 g/mol. The van der Waals surface area contributed by atoms with Crippen LogP contribution in [0.5, 0.6) is 0 Å². The van der Waals surface area contributed by atoms with Crippen molar-refractivity contribution in [2.45, 2.75) is 50.6 Å². The first kappa shape index (κ1) is 27.4. The Morgan fingerprint density at radius 3 is 1.76 bits per heavy atom. The van der Waals surface area contributed by atoms with Crippen molar-refractivity contribution in [1.82, 2.24) is 14.9 Å². The van der Waals surface area contributed by atoms with Crippen LogP contribution in [-0.2, 0) is 9.47 Å². The van der Waals surface area contributed by atoms with Crippen molar-refractivity contribution in [2.24, 2.45) is 9.98 Å². The Hall–Kier alpha value is -4.77. The molecular formula is C34H36N6O2. The zero-order valence-corrected chi connectivity index (χ0v) is 24.5. The summed E-state index contributed by atoms with van der Waals surface area (Å²) in [6.45, 7) is 9.60. The number of benzene rings is 2. The van der Waals surface area contributed by atoms with E-state index < -0.39 is 0 Å². The number of ether oxygens (including phenoxy) is 2. The van der Waals surface area contributed by atoms with Crippen LogP contribution in [-0.4, -0.2) is 57.7 Å². The molecule has 2 aromatic rings. The molecule has 0 radical (unpaired) electrons. The number of nitriles is 1. The van der Waals surface area contributed by atoms with Crippen LogP contribution in [0.4, 0.5) is 0 Å². The van der Waals surface area contributed by atoms with Crippen LogP contribution in [0.2, 0.25) is 0 Å². The minimum absolute atomic E-state index is 0.000437. The van der Waals surface area contributed by atoms with Gasteiger partial charge in [0.15, 0.2) is 0 Å². The van der Waals surface area contributed by atoms with Crippen molar-refractivity contribution >= 4 is 11.8 Å². The molecule has 0 amide bonds. The molecule has 0 saturated heterocycles. The summed E-state index contributed by atoms with van der Waals surface area (Å²) >= 11 is 0. The molecule has 214 valence electrons. The molecule has 0 N–H and O–H groups in total. The van der Waals surface area contributed by atoms with E-state index in [1.807, 2.05) is 71.1 Å². The van der Waals surface area contributed by atoms with E-state index in [0.29, 0.717) is 25.0 Å². The Labute approximate surface area is 247 Å². The largest absolute Gasteiger partial charge is 0.475 e. The Morgan fingerprint density at radius 1 is 0.786 bits per heavy atom. The van der Waals surface area contributed by atoms with E-state index >= 15 is 0 Å². The fourth-order valence-corrected chi connectivity index (χ4v) is 5.44. The lowest BCUT2D eigenvalue weighted by Crippen LogP contribution is -2.40. The molecule has 4 aliphatic rings. The van der Waals surface area contributed by atoms with E-state index in [1.165, 1.54) is 0 Å². The number of hydrogen-bond donors (Lipinski definition) is 0. The second-order valence-corrected chi connectivity index (χ2v) is 12.2. The lowest BCUT2D eigenvalue weighted by atomic mass is 9.89. The van der Waals surface area contributed by atoms with Crippen molar-refractivity contribution in [3.8, 4) is 6.19 Å². The van der Waals surface area contributed by atoms with Gasteiger partial charge in [-0.1, -0.05) is 72.8 Å². The average Bonchev–Trinajstić information content (AvgIpc) is 3.56. The van der Waals surface area contributed by atoms with Gasteiger partial charge >= 0.3 is 0 Å². The number of hydrogen-bond acceptors (Lipinski definition) is 8. The Kier molecular flexibility index (Phi) is 7.11. The summed E-state index contributed by atoms with van der Waals surface area (Å²) < 4.78 is 12.2. The molecule has 0 bridgehead atoms. The number of hydrazine groups is 1. The topological polar surface area (TPSA) is 76.7 Å². The van der Waals surface area contributed by atoms with Gasteiger partial charge in [0.25, 0.3) is 0 Å². The second-order valence-electron chi connectivity index (χ2n) is 12.2. The maximum atomic E-state index is 10.3. The minimum Gasteiger partial charge on any atom is -0.475 e. The van der Waals surface area contributed by atoms with Crippen molar-refractivity contribution in [1.29, 1.82) is 5.26 Å². The third-order valence-corrected chi connectivity index (χ3v) is 7.58. The Morgan fingerprint density at radius 2 is 1.29 bits per heavy atom. The number of allylic oxidation sites excluding steroid dienone is 2. The first-order valence-electron chi connectivity index (χ1n) is 14.3. The van der Waals surface area contributed by atoms with Gasteiger partial charge < -0.3 is 14.4 Å². The highest BCUT2D eigenvalue weighted by Crippen LogP contribution is 2.36. The zero-order valence-electron chi connectivity index (χ0n) is 24.5. The van der Waals surface area contributed by atoms with Gasteiger partial charge in [0.1, 0.15) is 19.9 Å². The fraction of sp³-hybridized carbons (Fsp3) is 0.324. The van der Waals surface area contributed by atoms with E-state index in [-0.39, 0.29) is 29.6 Å². The van der Waals surface area contributed by atoms with E-state index in [2.05, 4.69) is 70.3 Å². The monoisotopic (exact) mass is 560 g/mol. The zero-order chi connectivity index (χ0) is 29.3. The minimum atomic E-state index is -0.299. The average molecular weight is 561 g/mol. The van der Waals surface area contributed by atoms with Crippen LogP contribution >= 0.6 is 0 Å². The highest BCUT2D eigenvalue weighted by molar-refractivity contribution is 5.97. The highest BCUT2D eigenvalue weighted by Gasteiger charge is 2.35. The molecule has 2 aromatic carbocycles. The van der Waals surface area contributed by atoms with Gasteiger partial charge in [0.05, 0.1) is 11.1 Å². The summed E-state index contributed by atoms with van der Waals surface area (Å²) in [7, 11) is 0. The molecule has 2 atom stereocenters.